The van der Waals surface area contributed by atoms with Gasteiger partial charge in [-0.05, 0) is 56.1 Å². The molecule has 3 aliphatic rings. The summed E-state index contributed by atoms with van der Waals surface area (Å²) in [5.41, 5.74) is 2.18. The molecule has 132 valence electrons. The van der Waals surface area contributed by atoms with Gasteiger partial charge in [-0.3, -0.25) is 0 Å². The lowest BCUT2D eigenvalue weighted by Gasteiger charge is -2.25. The van der Waals surface area contributed by atoms with Crippen LogP contribution in [0, 0.1) is 0 Å². The van der Waals surface area contributed by atoms with Crippen LogP contribution >= 0.6 is 0 Å². The van der Waals surface area contributed by atoms with Gasteiger partial charge in [-0.1, -0.05) is 24.3 Å². The van der Waals surface area contributed by atoms with Crippen LogP contribution in [-0.4, -0.2) is 23.2 Å². The lowest BCUT2D eigenvalue weighted by molar-refractivity contribution is 0.555. The standard InChI is InChI=1S/C19H23N3O2S/c23-25(24,17-7-3-5-13-4-1-2-6-16(13)17)12-18-20-21-19(14-8-9-14)22(18)15-10-11-15/h1-2,4,6,14-15,17H,3,5,7-12H2. The molecule has 25 heavy (non-hydrogen) atoms. The fourth-order valence-corrected chi connectivity index (χ4v) is 6.05. The van der Waals surface area contributed by atoms with E-state index < -0.39 is 15.1 Å². The summed E-state index contributed by atoms with van der Waals surface area (Å²) in [5, 5.41) is 8.27. The van der Waals surface area contributed by atoms with Crippen LogP contribution in [0.5, 0.6) is 0 Å². The van der Waals surface area contributed by atoms with Crippen LogP contribution in [0.25, 0.3) is 0 Å². The second-order valence-corrected chi connectivity index (χ2v) is 9.92. The van der Waals surface area contributed by atoms with Gasteiger partial charge < -0.3 is 4.57 Å². The zero-order valence-corrected chi connectivity index (χ0v) is 15.1. The largest absolute Gasteiger partial charge is 0.311 e. The van der Waals surface area contributed by atoms with E-state index in [4.69, 9.17) is 0 Å². The van der Waals surface area contributed by atoms with Crippen LogP contribution in [0.3, 0.4) is 0 Å². The molecule has 0 spiro atoms. The third kappa shape index (κ3) is 2.80. The number of rotatable bonds is 5. The molecule has 3 aliphatic carbocycles. The van der Waals surface area contributed by atoms with Gasteiger partial charge in [0.25, 0.3) is 0 Å². The van der Waals surface area contributed by atoms with E-state index in [-0.39, 0.29) is 5.75 Å². The third-order valence-electron chi connectivity index (χ3n) is 5.73. The van der Waals surface area contributed by atoms with E-state index >= 15 is 0 Å². The number of hydrogen-bond donors (Lipinski definition) is 0. The maximum Gasteiger partial charge on any atom is 0.164 e. The maximum absolute atomic E-state index is 13.2. The van der Waals surface area contributed by atoms with Crippen LogP contribution in [0.15, 0.2) is 24.3 Å². The van der Waals surface area contributed by atoms with Gasteiger partial charge in [0, 0.05) is 12.0 Å². The van der Waals surface area contributed by atoms with Crippen molar-refractivity contribution < 1.29 is 8.42 Å². The minimum absolute atomic E-state index is 0.0161. The summed E-state index contributed by atoms with van der Waals surface area (Å²) < 4.78 is 28.6. The van der Waals surface area contributed by atoms with Crippen molar-refractivity contribution in [3.8, 4) is 0 Å². The molecule has 0 radical (unpaired) electrons. The Morgan fingerprint density at radius 1 is 1.04 bits per heavy atom. The summed E-state index contributed by atoms with van der Waals surface area (Å²) in [5.74, 6) is 2.20. The Morgan fingerprint density at radius 2 is 1.84 bits per heavy atom. The Morgan fingerprint density at radius 3 is 2.60 bits per heavy atom. The van der Waals surface area contributed by atoms with Crippen LogP contribution in [0.1, 0.15) is 78.5 Å². The summed E-state index contributed by atoms with van der Waals surface area (Å²) in [6, 6.07) is 8.42. The summed E-state index contributed by atoms with van der Waals surface area (Å²) in [6.07, 6.45) is 7.19. The highest BCUT2D eigenvalue weighted by molar-refractivity contribution is 7.90. The fourth-order valence-electron chi connectivity index (χ4n) is 4.15. The molecule has 2 fully saturated rings. The Hall–Kier alpha value is -1.69. The van der Waals surface area contributed by atoms with Crippen molar-refractivity contribution in [1.29, 1.82) is 0 Å². The summed E-state index contributed by atoms with van der Waals surface area (Å²) in [6.45, 7) is 0. The lowest BCUT2D eigenvalue weighted by Crippen LogP contribution is -2.22. The first-order valence-corrected chi connectivity index (χ1v) is 11.1. The van der Waals surface area contributed by atoms with Crippen LogP contribution in [0.4, 0.5) is 0 Å². The smallest absolute Gasteiger partial charge is 0.164 e. The Labute approximate surface area is 148 Å². The molecule has 2 aromatic rings. The van der Waals surface area contributed by atoms with Crippen LogP contribution in [0.2, 0.25) is 0 Å². The Kier molecular flexibility index (Phi) is 3.52. The lowest BCUT2D eigenvalue weighted by atomic mass is 9.91. The molecular formula is C19H23N3O2S. The van der Waals surface area contributed by atoms with Crippen molar-refractivity contribution in [3.05, 3.63) is 47.0 Å². The molecule has 0 aliphatic heterocycles. The highest BCUT2D eigenvalue weighted by Gasteiger charge is 2.39. The molecule has 5 nitrogen and oxygen atoms in total. The van der Waals surface area contributed by atoms with Crippen molar-refractivity contribution in [2.45, 2.75) is 67.9 Å². The van der Waals surface area contributed by atoms with Gasteiger partial charge in [0.15, 0.2) is 9.84 Å². The number of sulfone groups is 1. The average Bonchev–Trinajstić information content (AvgIpc) is 3.53. The predicted molar refractivity (Wildman–Crippen MR) is 95.0 cm³/mol. The van der Waals surface area contributed by atoms with Crippen molar-refractivity contribution in [2.75, 3.05) is 0 Å². The Bertz CT molecular complexity index is 911. The molecular weight excluding hydrogens is 334 g/mol. The molecule has 1 unspecified atom stereocenters. The van der Waals surface area contributed by atoms with Gasteiger partial charge in [-0.25, -0.2) is 8.42 Å². The molecule has 1 aromatic carbocycles. The van der Waals surface area contributed by atoms with Gasteiger partial charge >= 0.3 is 0 Å². The van der Waals surface area contributed by atoms with Gasteiger partial charge in [0.05, 0.1) is 5.25 Å². The normalized spacial score (nSPS) is 23.4. The summed E-state index contributed by atoms with van der Waals surface area (Å²) in [4.78, 5) is 0. The second kappa shape index (κ2) is 5.66. The molecule has 2 saturated carbocycles. The highest BCUT2D eigenvalue weighted by atomic mass is 32.2. The van der Waals surface area contributed by atoms with Crippen LogP contribution < -0.4 is 0 Å². The quantitative estimate of drug-likeness (QED) is 0.822. The van der Waals surface area contributed by atoms with Gasteiger partial charge in [0.1, 0.15) is 17.4 Å². The monoisotopic (exact) mass is 357 g/mol. The highest BCUT2D eigenvalue weighted by Crippen LogP contribution is 2.45. The maximum atomic E-state index is 13.2. The van der Waals surface area contributed by atoms with Crippen LogP contribution in [-0.2, 0) is 22.0 Å². The van der Waals surface area contributed by atoms with Crippen molar-refractivity contribution in [1.82, 2.24) is 14.8 Å². The number of benzene rings is 1. The predicted octanol–water partition coefficient (Wildman–Crippen LogP) is 3.48. The van der Waals surface area contributed by atoms with E-state index in [0.29, 0.717) is 24.2 Å². The topological polar surface area (TPSA) is 64.8 Å². The number of aryl methyl sites for hydroxylation is 1. The van der Waals surface area contributed by atoms with Gasteiger partial charge in [-0.2, -0.15) is 0 Å². The number of aromatic nitrogens is 3. The first kappa shape index (κ1) is 15.6. The van der Waals surface area contributed by atoms with Crippen molar-refractivity contribution >= 4 is 9.84 Å². The SMILES string of the molecule is O=S(=O)(Cc1nnc(C2CC2)n1C1CC1)C1CCCc2ccccc21. The molecule has 6 heteroatoms. The summed E-state index contributed by atoms with van der Waals surface area (Å²) >= 11 is 0. The van der Waals surface area contributed by atoms with E-state index in [1.807, 2.05) is 18.2 Å². The minimum Gasteiger partial charge on any atom is -0.311 e. The fraction of sp³-hybridized carbons (Fsp3) is 0.579. The molecule has 1 atom stereocenters. The van der Waals surface area contributed by atoms with E-state index in [1.165, 1.54) is 5.56 Å². The zero-order chi connectivity index (χ0) is 17.0. The van der Waals surface area contributed by atoms with E-state index in [0.717, 1.165) is 49.9 Å². The first-order chi connectivity index (χ1) is 12.1. The van der Waals surface area contributed by atoms with Gasteiger partial charge in [-0.15, -0.1) is 10.2 Å². The molecule has 0 saturated heterocycles. The van der Waals surface area contributed by atoms with E-state index in [9.17, 15) is 8.42 Å². The minimum atomic E-state index is -3.29. The molecule has 0 N–H and O–H groups in total. The number of hydrogen-bond acceptors (Lipinski definition) is 4. The first-order valence-electron chi connectivity index (χ1n) is 9.36. The van der Waals surface area contributed by atoms with Gasteiger partial charge in [0.2, 0.25) is 0 Å². The van der Waals surface area contributed by atoms with Crippen molar-refractivity contribution in [2.24, 2.45) is 0 Å². The molecule has 1 heterocycles. The second-order valence-electron chi connectivity index (χ2n) is 7.74. The van der Waals surface area contributed by atoms with E-state index in [1.54, 1.807) is 0 Å². The van der Waals surface area contributed by atoms with Crippen molar-refractivity contribution in [3.63, 3.8) is 0 Å². The number of nitrogens with zero attached hydrogens (tertiary/aromatic N) is 3. The number of fused-ring (bicyclic) bond motifs is 1. The third-order valence-corrected chi connectivity index (χ3v) is 7.74. The molecule has 5 rings (SSSR count). The summed E-state index contributed by atoms with van der Waals surface area (Å²) in [7, 11) is -3.29. The molecule has 1 aromatic heterocycles. The average molecular weight is 357 g/mol. The molecule has 0 amide bonds. The van der Waals surface area contributed by atoms with E-state index in [2.05, 4.69) is 20.8 Å². The Balaban J connectivity index is 1.48. The zero-order valence-electron chi connectivity index (χ0n) is 14.3. The molecule has 0 bridgehead atoms.